The van der Waals surface area contributed by atoms with E-state index in [2.05, 4.69) is 15.3 Å². The first kappa shape index (κ1) is 15.1. The number of halogens is 2. The van der Waals surface area contributed by atoms with E-state index in [9.17, 15) is 9.18 Å². The highest BCUT2D eigenvalue weighted by atomic mass is 35.5. The Kier molecular flexibility index (Phi) is 4.30. The molecule has 0 aliphatic heterocycles. The number of nitrogens with zero attached hydrogens (tertiary/aromatic N) is 2. The van der Waals surface area contributed by atoms with E-state index in [1.165, 1.54) is 18.3 Å². The predicted octanol–water partition coefficient (Wildman–Crippen LogP) is 4.19. The number of carbonyl (C=O) groups excluding carboxylic acids is 1. The Morgan fingerprint density at radius 2 is 1.87 bits per heavy atom. The molecule has 1 N–H and O–H groups in total. The van der Waals surface area contributed by atoms with E-state index >= 15 is 0 Å². The van der Waals surface area contributed by atoms with Crippen molar-refractivity contribution in [2.75, 3.05) is 5.32 Å². The van der Waals surface area contributed by atoms with Crippen molar-refractivity contribution in [3.8, 4) is 11.3 Å². The van der Waals surface area contributed by atoms with Gasteiger partial charge in [0.25, 0.3) is 5.91 Å². The Hall–Kier alpha value is -2.79. The quantitative estimate of drug-likeness (QED) is 0.784. The summed E-state index contributed by atoms with van der Waals surface area (Å²) < 4.78 is 14.3. The lowest BCUT2D eigenvalue weighted by atomic mass is 10.1. The molecular formula is C17H11ClFN3O. The van der Waals surface area contributed by atoms with Gasteiger partial charge in [0.1, 0.15) is 5.82 Å². The van der Waals surface area contributed by atoms with Crippen LogP contribution in [0.25, 0.3) is 11.3 Å². The summed E-state index contributed by atoms with van der Waals surface area (Å²) in [4.78, 5) is 20.1. The van der Waals surface area contributed by atoms with Crippen LogP contribution < -0.4 is 5.32 Å². The van der Waals surface area contributed by atoms with E-state index in [-0.39, 0.29) is 11.1 Å². The number of hydrogen-bond acceptors (Lipinski definition) is 3. The van der Waals surface area contributed by atoms with Crippen LogP contribution >= 0.6 is 11.6 Å². The lowest BCUT2D eigenvalue weighted by Gasteiger charge is -2.08. The molecule has 1 aromatic carbocycles. The molecular weight excluding hydrogens is 317 g/mol. The van der Waals surface area contributed by atoms with E-state index in [1.807, 2.05) is 0 Å². The molecule has 1 amide bonds. The van der Waals surface area contributed by atoms with Gasteiger partial charge in [0, 0.05) is 35.4 Å². The molecule has 6 heteroatoms. The average Bonchev–Trinajstić information content (AvgIpc) is 2.56. The lowest BCUT2D eigenvalue weighted by molar-refractivity contribution is 0.102. The number of pyridine rings is 2. The lowest BCUT2D eigenvalue weighted by Crippen LogP contribution is -2.12. The van der Waals surface area contributed by atoms with Crippen LogP contribution in [0.4, 0.5) is 10.1 Å². The molecule has 23 heavy (non-hydrogen) atoms. The van der Waals surface area contributed by atoms with Crippen molar-refractivity contribution < 1.29 is 9.18 Å². The summed E-state index contributed by atoms with van der Waals surface area (Å²) in [6, 6.07) is 10.8. The number of anilines is 1. The fourth-order valence-corrected chi connectivity index (χ4v) is 2.29. The van der Waals surface area contributed by atoms with Gasteiger partial charge in [-0.3, -0.25) is 14.8 Å². The van der Waals surface area contributed by atoms with Gasteiger partial charge < -0.3 is 5.32 Å². The van der Waals surface area contributed by atoms with Crippen molar-refractivity contribution >= 4 is 23.2 Å². The van der Waals surface area contributed by atoms with Crippen LogP contribution in [0.15, 0.2) is 61.1 Å². The fourth-order valence-electron chi connectivity index (χ4n) is 2.07. The number of rotatable bonds is 3. The smallest absolute Gasteiger partial charge is 0.255 e. The summed E-state index contributed by atoms with van der Waals surface area (Å²) in [5, 5.41) is 3.02. The molecule has 0 atom stereocenters. The van der Waals surface area contributed by atoms with Crippen LogP contribution in [0.5, 0.6) is 0 Å². The van der Waals surface area contributed by atoms with E-state index in [0.717, 1.165) is 6.07 Å². The Bertz CT molecular complexity index is 855. The molecule has 3 rings (SSSR count). The maximum absolute atomic E-state index is 14.3. The zero-order valence-electron chi connectivity index (χ0n) is 11.8. The normalized spacial score (nSPS) is 10.3. The van der Waals surface area contributed by atoms with Crippen molar-refractivity contribution in [3.05, 3.63) is 77.5 Å². The Morgan fingerprint density at radius 3 is 2.57 bits per heavy atom. The highest BCUT2D eigenvalue weighted by molar-refractivity contribution is 6.33. The van der Waals surface area contributed by atoms with Gasteiger partial charge in [-0.1, -0.05) is 11.6 Å². The molecule has 0 bridgehead atoms. The fraction of sp³-hybridized carbons (Fsp3) is 0. The van der Waals surface area contributed by atoms with Gasteiger partial charge in [-0.15, -0.1) is 0 Å². The summed E-state index contributed by atoms with van der Waals surface area (Å²) in [7, 11) is 0. The highest BCUT2D eigenvalue weighted by Crippen LogP contribution is 2.28. The molecule has 0 aliphatic carbocycles. The maximum Gasteiger partial charge on any atom is 0.255 e. The van der Waals surface area contributed by atoms with Crippen molar-refractivity contribution in [1.82, 2.24) is 9.97 Å². The third-order valence-corrected chi connectivity index (χ3v) is 3.49. The van der Waals surface area contributed by atoms with Gasteiger partial charge in [0.2, 0.25) is 0 Å². The van der Waals surface area contributed by atoms with Crippen molar-refractivity contribution in [2.24, 2.45) is 0 Å². The van der Waals surface area contributed by atoms with Gasteiger partial charge in [0.05, 0.1) is 10.7 Å². The van der Waals surface area contributed by atoms with Crippen molar-refractivity contribution in [2.45, 2.75) is 0 Å². The van der Waals surface area contributed by atoms with Gasteiger partial charge in [-0.2, -0.15) is 0 Å². The van der Waals surface area contributed by atoms with Crippen LogP contribution in [0.3, 0.4) is 0 Å². The summed E-state index contributed by atoms with van der Waals surface area (Å²) in [6.07, 6.45) is 4.65. The van der Waals surface area contributed by atoms with Gasteiger partial charge in [0.15, 0.2) is 0 Å². The third kappa shape index (κ3) is 3.35. The van der Waals surface area contributed by atoms with Crippen LogP contribution in [-0.2, 0) is 0 Å². The summed E-state index contributed by atoms with van der Waals surface area (Å²) in [5.41, 5.74) is 1.38. The second-order valence-corrected chi connectivity index (χ2v) is 5.13. The second kappa shape index (κ2) is 6.54. The zero-order valence-corrected chi connectivity index (χ0v) is 12.6. The molecule has 2 heterocycles. The molecule has 0 spiro atoms. The minimum absolute atomic E-state index is 0.204. The first-order valence-electron chi connectivity index (χ1n) is 6.77. The van der Waals surface area contributed by atoms with Gasteiger partial charge in [-0.25, -0.2) is 4.39 Å². The summed E-state index contributed by atoms with van der Waals surface area (Å²) in [6.45, 7) is 0. The molecule has 0 unspecified atom stereocenters. The Labute approximate surface area is 137 Å². The molecule has 2 aromatic heterocycles. The number of hydrogen-bond donors (Lipinski definition) is 1. The second-order valence-electron chi connectivity index (χ2n) is 4.72. The Balaban J connectivity index is 1.88. The topological polar surface area (TPSA) is 54.9 Å². The molecule has 0 saturated carbocycles. The van der Waals surface area contributed by atoms with Crippen LogP contribution in [-0.4, -0.2) is 15.9 Å². The Morgan fingerprint density at radius 1 is 1.09 bits per heavy atom. The van der Waals surface area contributed by atoms with E-state index < -0.39 is 11.7 Å². The maximum atomic E-state index is 14.3. The zero-order chi connectivity index (χ0) is 16.2. The molecule has 0 fully saturated rings. The largest absolute Gasteiger partial charge is 0.322 e. The van der Waals surface area contributed by atoms with E-state index in [4.69, 9.17) is 11.6 Å². The number of amides is 1. The molecule has 3 aromatic rings. The van der Waals surface area contributed by atoms with Crippen LogP contribution in [0.1, 0.15) is 10.4 Å². The van der Waals surface area contributed by atoms with E-state index in [0.29, 0.717) is 16.4 Å². The van der Waals surface area contributed by atoms with Crippen molar-refractivity contribution in [1.29, 1.82) is 0 Å². The molecule has 0 radical (unpaired) electrons. The molecule has 114 valence electrons. The summed E-state index contributed by atoms with van der Waals surface area (Å²) in [5.74, 6) is -0.971. The molecule has 4 nitrogen and oxygen atoms in total. The SMILES string of the molecule is O=C(Nc1ccncc1)c1ccc(-c2ncccc2Cl)c(F)c1. The number of nitrogens with one attached hydrogen (secondary N) is 1. The minimum Gasteiger partial charge on any atom is -0.322 e. The number of carbonyl (C=O) groups is 1. The number of aromatic nitrogens is 2. The highest BCUT2D eigenvalue weighted by Gasteiger charge is 2.14. The average molecular weight is 328 g/mol. The van der Waals surface area contributed by atoms with Crippen LogP contribution in [0.2, 0.25) is 5.02 Å². The standard InChI is InChI=1S/C17H11ClFN3O/c18-14-2-1-7-21-16(14)13-4-3-11(10-15(13)19)17(23)22-12-5-8-20-9-6-12/h1-10H,(H,20,22,23). The molecule has 0 saturated heterocycles. The van der Waals surface area contributed by atoms with Gasteiger partial charge in [-0.05, 0) is 42.5 Å². The third-order valence-electron chi connectivity index (χ3n) is 3.18. The first-order valence-corrected chi connectivity index (χ1v) is 7.15. The molecule has 0 aliphatic rings. The monoisotopic (exact) mass is 327 g/mol. The summed E-state index contributed by atoms with van der Waals surface area (Å²) >= 11 is 6.03. The van der Waals surface area contributed by atoms with Gasteiger partial charge >= 0.3 is 0 Å². The first-order chi connectivity index (χ1) is 11.1. The number of benzene rings is 1. The minimum atomic E-state index is -0.562. The van der Waals surface area contributed by atoms with Crippen LogP contribution in [0, 0.1) is 5.82 Å². The van der Waals surface area contributed by atoms with E-state index in [1.54, 1.807) is 36.7 Å². The predicted molar refractivity (Wildman–Crippen MR) is 86.8 cm³/mol. The van der Waals surface area contributed by atoms with Crippen molar-refractivity contribution in [3.63, 3.8) is 0 Å².